The van der Waals surface area contributed by atoms with Crippen molar-refractivity contribution >= 4 is 35.0 Å². The summed E-state index contributed by atoms with van der Waals surface area (Å²) in [4.78, 5) is 12.0. The monoisotopic (exact) mass is 331 g/mol. The van der Waals surface area contributed by atoms with E-state index in [2.05, 4.69) is 15.1 Å². The van der Waals surface area contributed by atoms with Crippen LogP contribution in [0.3, 0.4) is 0 Å². The molecule has 1 aromatic carbocycles. The van der Waals surface area contributed by atoms with Gasteiger partial charge in [0.25, 0.3) is 5.03 Å². The Morgan fingerprint density at radius 3 is 2.90 bits per heavy atom. The molecular weight excluding hydrogens is 321 g/mol. The second kappa shape index (κ2) is 6.31. The van der Waals surface area contributed by atoms with Crippen molar-refractivity contribution in [2.45, 2.75) is 17.2 Å². The summed E-state index contributed by atoms with van der Waals surface area (Å²) in [6, 6.07) is 3.87. The predicted molar refractivity (Wildman–Crippen MR) is 72.5 cm³/mol. The van der Waals surface area contributed by atoms with Crippen LogP contribution in [0.15, 0.2) is 27.7 Å². The normalized spacial score (nSPS) is 12.2. The molecule has 1 amide bonds. The van der Waals surface area contributed by atoms with Gasteiger partial charge in [-0.2, -0.15) is 0 Å². The van der Waals surface area contributed by atoms with Crippen LogP contribution >= 0.6 is 23.4 Å². The van der Waals surface area contributed by atoms with Gasteiger partial charge in [0.05, 0.1) is 15.5 Å². The zero-order valence-electron chi connectivity index (χ0n) is 11.1. The van der Waals surface area contributed by atoms with Crippen molar-refractivity contribution in [3.05, 3.63) is 29.0 Å². The molecular formula is C12H11ClFN3O3S. The summed E-state index contributed by atoms with van der Waals surface area (Å²) in [5, 5.41) is 17.0. The van der Waals surface area contributed by atoms with E-state index in [0.29, 0.717) is 5.69 Å². The molecule has 0 saturated heterocycles. The molecule has 0 saturated carbocycles. The van der Waals surface area contributed by atoms with Crippen molar-refractivity contribution in [1.29, 1.82) is 0 Å². The fourth-order valence-electron chi connectivity index (χ4n) is 1.47. The van der Waals surface area contributed by atoms with E-state index >= 15 is 0 Å². The van der Waals surface area contributed by atoms with Gasteiger partial charge in [-0.15, -0.1) is 0 Å². The van der Waals surface area contributed by atoms with Gasteiger partial charge >= 0.3 is 0 Å². The Hall–Kier alpha value is -1.80. The van der Waals surface area contributed by atoms with Gasteiger partial charge in [-0.1, -0.05) is 16.3 Å². The third-order valence-electron chi connectivity index (χ3n) is 2.56. The van der Waals surface area contributed by atoms with Gasteiger partial charge in [0.2, 0.25) is 5.91 Å². The highest BCUT2D eigenvalue weighted by atomic mass is 35.5. The number of benzene rings is 1. The molecule has 0 aliphatic rings. The Balaban J connectivity index is 2.04. The zero-order valence-corrected chi connectivity index (χ0v) is 12.7. The van der Waals surface area contributed by atoms with Crippen LogP contribution in [-0.2, 0) is 11.8 Å². The number of carbonyl (C=O) groups excluding carboxylic acids is 1. The molecule has 2 aromatic rings. The standard InChI is InChI=1S/C12H11ClFN3O3S/c1-6(21-11-12(19)20-16-17(11)2)10(18)15-7-3-4-9(14)8(13)5-7/h3-6H,1-2H3,(H-,15,16,18,19). The molecule has 1 heterocycles. The smallest absolute Gasteiger partial charge is 0.291 e. The number of rotatable bonds is 4. The van der Waals surface area contributed by atoms with Gasteiger partial charge in [-0.25, -0.2) is 4.39 Å². The maximum atomic E-state index is 13.0. The van der Waals surface area contributed by atoms with E-state index < -0.39 is 17.0 Å². The number of carbonyl (C=O) groups is 1. The summed E-state index contributed by atoms with van der Waals surface area (Å²) >= 11 is 6.65. The molecule has 1 unspecified atom stereocenters. The number of hydrogen-bond donors (Lipinski definition) is 1. The van der Waals surface area contributed by atoms with Crippen molar-refractivity contribution in [3.63, 3.8) is 0 Å². The summed E-state index contributed by atoms with van der Waals surface area (Å²) in [5.41, 5.74) is 0.371. The number of aromatic nitrogens is 2. The minimum Gasteiger partial charge on any atom is -0.538 e. The van der Waals surface area contributed by atoms with Crippen LogP contribution in [0.25, 0.3) is 0 Å². The van der Waals surface area contributed by atoms with Gasteiger partial charge in [-0.05, 0) is 36.9 Å². The third kappa shape index (κ3) is 3.64. The van der Waals surface area contributed by atoms with Crippen molar-refractivity contribution in [1.82, 2.24) is 5.27 Å². The number of nitrogens with one attached hydrogen (secondary N) is 1. The second-order valence-electron chi connectivity index (χ2n) is 4.17. The minimum absolute atomic E-state index is 0.0830. The molecule has 112 valence electrons. The minimum atomic E-state index is -0.605. The highest BCUT2D eigenvalue weighted by Gasteiger charge is 2.23. The Bertz CT molecular complexity index is 660. The molecule has 1 atom stereocenters. The number of hydrogen-bond acceptors (Lipinski definition) is 5. The zero-order chi connectivity index (χ0) is 15.6. The van der Waals surface area contributed by atoms with Gasteiger partial charge < -0.3 is 14.9 Å². The lowest BCUT2D eigenvalue weighted by Crippen LogP contribution is -2.33. The van der Waals surface area contributed by atoms with E-state index in [1.54, 1.807) is 6.92 Å². The first-order valence-corrected chi connectivity index (χ1v) is 7.10. The Labute approximate surface area is 128 Å². The van der Waals surface area contributed by atoms with Crippen LogP contribution in [0.2, 0.25) is 5.02 Å². The lowest BCUT2D eigenvalue weighted by molar-refractivity contribution is -0.772. The lowest BCUT2D eigenvalue weighted by atomic mass is 10.3. The maximum absolute atomic E-state index is 13.0. The number of anilines is 1. The summed E-state index contributed by atoms with van der Waals surface area (Å²) in [6.45, 7) is 1.62. The first kappa shape index (κ1) is 15.6. The summed E-state index contributed by atoms with van der Waals surface area (Å²) in [5.74, 6) is -1.53. The molecule has 0 aliphatic carbocycles. The van der Waals surface area contributed by atoms with Crippen LogP contribution in [0.4, 0.5) is 10.1 Å². The summed E-state index contributed by atoms with van der Waals surface area (Å²) in [7, 11) is 1.54. The first-order chi connectivity index (χ1) is 9.88. The number of amides is 1. The lowest BCUT2D eigenvalue weighted by Gasteiger charge is -2.10. The van der Waals surface area contributed by atoms with Gasteiger partial charge in [0, 0.05) is 5.69 Å². The van der Waals surface area contributed by atoms with Gasteiger partial charge in [-0.3, -0.25) is 4.79 Å². The van der Waals surface area contributed by atoms with Gasteiger partial charge in [0.1, 0.15) is 5.82 Å². The Morgan fingerprint density at radius 1 is 1.62 bits per heavy atom. The van der Waals surface area contributed by atoms with E-state index in [9.17, 15) is 14.3 Å². The SMILES string of the molecule is CC(Sc1c([O-])on[n+]1C)C(=O)Nc1ccc(F)c(Cl)c1. The molecule has 0 bridgehead atoms. The van der Waals surface area contributed by atoms with Gasteiger partial charge in [0.15, 0.2) is 13.0 Å². The van der Waals surface area contributed by atoms with Crippen molar-refractivity contribution < 1.29 is 23.5 Å². The molecule has 9 heteroatoms. The first-order valence-electron chi connectivity index (χ1n) is 5.84. The van der Waals surface area contributed by atoms with Crippen LogP contribution in [0.5, 0.6) is 5.95 Å². The molecule has 0 aliphatic heterocycles. The van der Waals surface area contributed by atoms with Crippen LogP contribution < -0.4 is 15.1 Å². The van der Waals surface area contributed by atoms with E-state index in [1.165, 1.54) is 23.9 Å². The Kier molecular flexibility index (Phi) is 4.69. The fourth-order valence-corrected chi connectivity index (χ4v) is 2.47. The number of aryl methyl sites for hydroxylation is 1. The van der Waals surface area contributed by atoms with Crippen LogP contribution in [0.1, 0.15) is 6.92 Å². The molecule has 1 N–H and O–H groups in total. The van der Waals surface area contributed by atoms with Crippen LogP contribution in [0, 0.1) is 5.82 Å². The molecule has 21 heavy (non-hydrogen) atoms. The average Bonchev–Trinajstić information content (AvgIpc) is 2.74. The number of halogens is 2. The Morgan fingerprint density at radius 2 is 2.33 bits per heavy atom. The maximum Gasteiger partial charge on any atom is 0.291 e. The third-order valence-corrected chi connectivity index (χ3v) is 4.07. The van der Waals surface area contributed by atoms with Crippen LogP contribution in [-0.4, -0.2) is 16.4 Å². The number of nitrogens with zero attached hydrogens (tertiary/aromatic N) is 2. The molecule has 1 aromatic heterocycles. The predicted octanol–water partition coefficient (Wildman–Crippen LogP) is 1.48. The fraction of sp³-hybridized carbons (Fsp3) is 0.250. The van der Waals surface area contributed by atoms with Crippen molar-refractivity contribution in [2.75, 3.05) is 5.32 Å². The molecule has 2 rings (SSSR count). The average molecular weight is 332 g/mol. The topological polar surface area (TPSA) is 82.1 Å². The summed E-state index contributed by atoms with van der Waals surface area (Å²) < 4.78 is 18.8. The van der Waals surface area contributed by atoms with Crippen molar-refractivity contribution in [2.24, 2.45) is 7.05 Å². The molecule has 0 radical (unpaired) electrons. The molecule has 6 nitrogen and oxygen atoms in total. The second-order valence-corrected chi connectivity index (χ2v) is 5.90. The van der Waals surface area contributed by atoms with Crippen molar-refractivity contribution in [3.8, 4) is 5.95 Å². The van der Waals surface area contributed by atoms with E-state index in [4.69, 9.17) is 11.6 Å². The largest absolute Gasteiger partial charge is 0.538 e. The highest BCUT2D eigenvalue weighted by molar-refractivity contribution is 8.00. The quantitative estimate of drug-likeness (QED) is 0.678. The molecule has 0 spiro atoms. The summed E-state index contributed by atoms with van der Waals surface area (Å²) in [6.07, 6.45) is 0. The highest BCUT2D eigenvalue weighted by Crippen LogP contribution is 2.27. The van der Waals surface area contributed by atoms with E-state index in [1.807, 2.05) is 0 Å². The van der Waals surface area contributed by atoms with E-state index in [0.717, 1.165) is 17.8 Å². The number of thioether (sulfide) groups is 1. The molecule has 0 fully saturated rings. The van der Waals surface area contributed by atoms with E-state index in [-0.39, 0.29) is 16.0 Å².